The molecule has 0 saturated carbocycles. The molecule has 2 aromatic rings. The van der Waals surface area contributed by atoms with Gasteiger partial charge in [-0.1, -0.05) is 45.7 Å². The number of rotatable bonds is 5. The zero-order valence-electron chi connectivity index (χ0n) is 12.0. The predicted octanol–water partition coefficient (Wildman–Crippen LogP) is 4.17. The van der Waals surface area contributed by atoms with Gasteiger partial charge in [0, 0.05) is 15.1 Å². The molecular formula is C16H18BrClN2O. The minimum absolute atomic E-state index is 0.0757. The summed E-state index contributed by atoms with van der Waals surface area (Å²) in [5.74, 6) is 6.52. The van der Waals surface area contributed by atoms with Crippen LogP contribution in [0.15, 0.2) is 40.9 Å². The second-order valence-electron chi connectivity index (χ2n) is 4.90. The molecule has 0 spiro atoms. The van der Waals surface area contributed by atoms with Crippen molar-refractivity contribution in [3.8, 4) is 5.75 Å². The van der Waals surface area contributed by atoms with E-state index in [1.54, 1.807) is 7.11 Å². The summed E-state index contributed by atoms with van der Waals surface area (Å²) in [7, 11) is 1.65. The third kappa shape index (κ3) is 3.98. The Balaban J connectivity index is 2.32. The van der Waals surface area contributed by atoms with Gasteiger partial charge in [0.25, 0.3) is 0 Å². The first-order valence-corrected chi connectivity index (χ1v) is 7.77. The maximum atomic E-state index is 6.31. The molecule has 0 amide bonds. The maximum absolute atomic E-state index is 6.31. The summed E-state index contributed by atoms with van der Waals surface area (Å²) in [4.78, 5) is 0. The van der Waals surface area contributed by atoms with E-state index in [4.69, 9.17) is 22.2 Å². The Hall–Kier alpha value is -1.07. The topological polar surface area (TPSA) is 47.3 Å². The zero-order valence-corrected chi connectivity index (χ0v) is 14.3. The van der Waals surface area contributed by atoms with E-state index in [-0.39, 0.29) is 6.04 Å². The van der Waals surface area contributed by atoms with E-state index >= 15 is 0 Å². The van der Waals surface area contributed by atoms with E-state index < -0.39 is 0 Å². The summed E-state index contributed by atoms with van der Waals surface area (Å²) in [5, 5.41) is 0.756. The van der Waals surface area contributed by atoms with E-state index in [9.17, 15) is 0 Å². The molecule has 0 fully saturated rings. The van der Waals surface area contributed by atoms with Crippen LogP contribution in [0, 0.1) is 6.92 Å². The number of hydrogen-bond acceptors (Lipinski definition) is 3. The van der Waals surface area contributed by atoms with Crippen LogP contribution in [0.5, 0.6) is 5.75 Å². The lowest BCUT2D eigenvalue weighted by atomic mass is 9.98. The molecule has 0 saturated heterocycles. The van der Waals surface area contributed by atoms with Gasteiger partial charge < -0.3 is 4.74 Å². The van der Waals surface area contributed by atoms with Crippen LogP contribution in [0.1, 0.15) is 22.7 Å². The Morgan fingerprint density at radius 3 is 2.67 bits per heavy atom. The van der Waals surface area contributed by atoms with Gasteiger partial charge >= 0.3 is 0 Å². The van der Waals surface area contributed by atoms with Crippen molar-refractivity contribution in [1.29, 1.82) is 0 Å². The molecule has 5 heteroatoms. The van der Waals surface area contributed by atoms with Crippen molar-refractivity contribution in [2.75, 3.05) is 7.11 Å². The third-order valence-corrected chi connectivity index (χ3v) is 4.25. The average molecular weight is 370 g/mol. The number of methoxy groups -OCH3 is 1. The van der Waals surface area contributed by atoms with Crippen LogP contribution >= 0.6 is 27.5 Å². The molecule has 0 aliphatic heterocycles. The van der Waals surface area contributed by atoms with Gasteiger partial charge in [-0.3, -0.25) is 11.3 Å². The lowest BCUT2D eigenvalue weighted by molar-refractivity contribution is 0.398. The molecule has 3 N–H and O–H groups in total. The summed E-state index contributed by atoms with van der Waals surface area (Å²) in [6, 6.07) is 11.9. The first kappa shape index (κ1) is 16.3. The van der Waals surface area contributed by atoms with Crippen molar-refractivity contribution in [3.63, 3.8) is 0 Å². The Labute approximate surface area is 138 Å². The average Bonchev–Trinajstić information content (AvgIpc) is 2.47. The first-order valence-electron chi connectivity index (χ1n) is 6.59. The fourth-order valence-electron chi connectivity index (χ4n) is 2.27. The Morgan fingerprint density at radius 2 is 2.05 bits per heavy atom. The highest BCUT2D eigenvalue weighted by Gasteiger charge is 2.17. The van der Waals surface area contributed by atoms with Gasteiger partial charge in [-0.2, -0.15) is 0 Å². The summed E-state index contributed by atoms with van der Waals surface area (Å²) in [6.45, 7) is 2.02. The summed E-state index contributed by atoms with van der Waals surface area (Å²) < 4.78 is 6.40. The van der Waals surface area contributed by atoms with Crippen LogP contribution in [0.3, 0.4) is 0 Å². The molecule has 0 aromatic heterocycles. The third-order valence-electron chi connectivity index (χ3n) is 3.40. The van der Waals surface area contributed by atoms with E-state index in [2.05, 4.69) is 21.4 Å². The van der Waals surface area contributed by atoms with Gasteiger partial charge in [0.2, 0.25) is 0 Å². The highest BCUT2D eigenvalue weighted by atomic mass is 79.9. The smallest absolute Gasteiger partial charge is 0.124 e. The molecule has 0 heterocycles. The Bertz CT molecular complexity index is 634. The molecule has 0 bridgehead atoms. The van der Waals surface area contributed by atoms with Gasteiger partial charge in [0.15, 0.2) is 0 Å². The fraction of sp³-hybridized carbons (Fsp3) is 0.250. The molecule has 2 rings (SSSR count). The number of hydrazine groups is 1. The maximum Gasteiger partial charge on any atom is 0.124 e. The predicted molar refractivity (Wildman–Crippen MR) is 90.7 cm³/mol. The van der Waals surface area contributed by atoms with Gasteiger partial charge in [0.05, 0.1) is 13.2 Å². The quantitative estimate of drug-likeness (QED) is 0.614. The molecule has 21 heavy (non-hydrogen) atoms. The van der Waals surface area contributed by atoms with Crippen LogP contribution in [0.2, 0.25) is 5.02 Å². The lowest BCUT2D eigenvalue weighted by Crippen LogP contribution is -2.30. The highest BCUT2D eigenvalue weighted by molar-refractivity contribution is 9.10. The standard InChI is InChI=1S/C16H18BrClN2O/c1-10-3-4-11(14(18)7-10)8-15(20-19)13-6-5-12(17)9-16(13)21-2/h3-7,9,15,20H,8,19H2,1-2H3. The Kier molecular flexibility index (Phi) is 5.65. The fourth-order valence-corrected chi connectivity index (χ4v) is 2.92. The van der Waals surface area contributed by atoms with Gasteiger partial charge in [-0.25, -0.2) is 0 Å². The van der Waals surface area contributed by atoms with Gasteiger partial charge in [0.1, 0.15) is 5.75 Å². The molecule has 0 radical (unpaired) electrons. The lowest BCUT2D eigenvalue weighted by Gasteiger charge is -2.20. The molecule has 3 nitrogen and oxygen atoms in total. The molecule has 2 aromatic carbocycles. The largest absolute Gasteiger partial charge is 0.496 e. The normalized spacial score (nSPS) is 12.2. The number of benzene rings is 2. The monoisotopic (exact) mass is 368 g/mol. The van der Waals surface area contributed by atoms with Crippen molar-refractivity contribution in [2.24, 2.45) is 5.84 Å². The van der Waals surface area contributed by atoms with Crippen molar-refractivity contribution in [3.05, 3.63) is 62.6 Å². The molecule has 1 unspecified atom stereocenters. The second kappa shape index (κ2) is 7.27. The van der Waals surface area contributed by atoms with Crippen molar-refractivity contribution in [2.45, 2.75) is 19.4 Å². The van der Waals surface area contributed by atoms with Crippen molar-refractivity contribution in [1.82, 2.24) is 5.43 Å². The number of nitrogens with two attached hydrogens (primary N) is 1. The number of halogens is 2. The highest BCUT2D eigenvalue weighted by Crippen LogP contribution is 2.31. The van der Waals surface area contributed by atoms with E-state index in [0.29, 0.717) is 6.42 Å². The second-order valence-corrected chi connectivity index (χ2v) is 6.23. The van der Waals surface area contributed by atoms with Crippen LogP contribution in [0.25, 0.3) is 0 Å². The zero-order chi connectivity index (χ0) is 15.4. The molecular weight excluding hydrogens is 352 g/mol. The van der Waals surface area contributed by atoms with Gasteiger partial charge in [-0.15, -0.1) is 0 Å². The van der Waals surface area contributed by atoms with E-state index in [0.717, 1.165) is 31.9 Å². The van der Waals surface area contributed by atoms with E-state index in [1.807, 2.05) is 43.3 Å². The number of hydrogen-bond donors (Lipinski definition) is 2. The molecule has 0 aliphatic carbocycles. The summed E-state index contributed by atoms with van der Waals surface area (Å²) in [5.41, 5.74) is 6.04. The van der Waals surface area contributed by atoms with Crippen LogP contribution in [-0.2, 0) is 6.42 Å². The summed E-state index contributed by atoms with van der Waals surface area (Å²) in [6.07, 6.45) is 0.688. The van der Waals surface area contributed by atoms with Crippen LogP contribution in [-0.4, -0.2) is 7.11 Å². The van der Waals surface area contributed by atoms with Crippen LogP contribution < -0.4 is 16.0 Å². The number of aryl methyl sites for hydroxylation is 1. The molecule has 0 aliphatic rings. The first-order chi connectivity index (χ1) is 10.0. The number of ether oxygens (including phenoxy) is 1. The van der Waals surface area contributed by atoms with Crippen molar-refractivity contribution < 1.29 is 4.74 Å². The van der Waals surface area contributed by atoms with Crippen LogP contribution in [0.4, 0.5) is 0 Å². The molecule has 1 atom stereocenters. The molecule has 112 valence electrons. The minimum Gasteiger partial charge on any atom is -0.496 e. The SMILES string of the molecule is COc1cc(Br)ccc1C(Cc1ccc(C)cc1Cl)NN. The Morgan fingerprint density at radius 1 is 1.29 bits per heavy atom. The minimum atomic E-state index is -0.0757. The van der Waals surface area contributed by atoms with E-state index in [1.165, 1.54) is 0 Å². The summed E-state index contributed by atoms with van der Waals surface area (Å²) >= 11 is 9.75. The number of nitrogens with one attached hydrogen (secondary N) is 1. The van der Waals surface area contributed by atoms with Crippen molar-refractivity contribution >= 4 is 27.5 Å². The van der Waals surface area contributed by atoms with Gasteiger partial charge in [-0.05, 0) is 42.7 Å².